The summed E-state index contributed by atoms with van der Waals surface area (Å²) in [4.78, 5) is 14.5. The zero-order valence-electron chi connectivity index (χ0n) is 14.7. The average molecular weight is 378 g/mol. The van der Waals surface area contributed by atoms with Gasteiger partial charge in [-0.3, -0.25) is 9.69 Å². The summed E-state index contributed by atoms with van der Waals surface area (Å²) in [7, 11) is 0. The number of likely N-dealkylation sites (tertiary alicyclic amines) is 1. The van der Waals surface area contributed by atoms with Crippen LogP contribution < -0.4 is 15.8 Å². The number of halogens is 3. The summed E-state index contributed by atoms with van der Waals surface area (Å²) in [6, 6.07) is 5.71. The highest BCUT2D eigenvalue weighted by molar-refractivity contribution is 5.94. The molecule has 2 atom stereocenters. The predicted molar refractivity (Wildman–Crippen MR) is 96.4 cm³/mol. The third kappa shape index (κ3) is 5.80. The van der Waals surface area contributed by atoms with E-state index in [9.17, 15) is 13.6 Å². The van der Waals surface area contributed by atoms with Crippen LogP contribution in [0.5, 0.6) is 5.75 Å². The van der Waals surface area contributed by atoms with Crippen LogP contribution in [0.2, 0.25) is 0 Å². The van der Waals surface area contributed by atoms with Crippen LogP contribution >= 0.6 is 12.4 Å². The molecule has 3 N–H and O–H groups in total. The number of nitrogens with zero attached hydrogens (tertiary/aromatic N) is 1. The van der Waals surface area contributed by atoms with E-state index >= 15 is 0 Å². The Morgan fingerprint density at radius 2 is 1.96 bits per heavy atom. The van der Waals surface area contributed by atoms with Crippen molar-refractivity contribution in [3.8, 4) is 5.75 Å². The van der Waals surface area contributed by atoms with Crippen molar-refractivity contribution in [2.45, 2.75) is 45.9 Å². The summed E-state index contributed by atoms with van der Waals surface area (Å²) in [6.07, 6.45) is 0.851. The van der Waals surface area contributed by atoms with Gasteiger partial charge in [-0.15, -0.1) is 12.4 Å². The lowest BCUT2D eigenvalue weighted by molar-refractivity contribution is -0.122. The van der Waals surface area contributed by atoms with Crippen molar-refractivity contribution in [3.63, 3.8) is 0 Å². The van der Waals surface area contributed by atoms with Gasteiger partial charge >= 0.3 is 6.61 Å². The van der Waals surface area contributed by atoms with E-state index in [0.717, 1.165) is 19.5 Å². The van der Waals surface area contributed by atoms with E-state index in [-0.39, 0.29) is 41.6 Å². The highest BCUT2D eigenvalue weighted by Crippen LogP contribution is 2.29. The number of ether oxygens (including phenoxy) is 1. The molecule has 2 rings (SSSR count). The number of alkyl halides is 2. The first kappa shape index (κ1) is 21.6. The standard InChI is InChI=1S/C17H25F2N3O2.ClH/c1-11(22-9-8-14(20)17(2,3)10-22)15(23)21-12-4-6-13(7-5-12)24-16(18)19;/h4-7,11,14,16H,8-10,20H2,1-3H3,(H,21,23);1H. The monoisotopic (exact) mass is 377 g/mol. The van der Waals surface area contributed by atoms with Crippen LogP contribution in [0.1, 0.15) is 27.2 Å². The Morgan fingerprint density at radius 3 is 2.48 bits per heavy atom. The smallest absolute Gasteiger partial charge is 0.387 e. The van der Waals surface area contributed by atoms with Crippen molar-refractivity contribution >= 4 is 24.0 Å². The first-order chi connectivity index (χ1) is 11.2. The first-order valence-corrected chi connectivity index (χ1v) is 8.04. The van der Waals surface area contributed by atoms with Crippen LogP contribution in [0.25, 0.3) is 0 Å². The van der Waals surface area contributed by atoms with Crippen LogP contribution in [0.15, 0.2) is 24.3 Å². The average Bonchev–Trinajstić information content (AvgIpc) is 2.50. The molecule has 1 amide bonds. The zero-order valence-corrected chi connectivity index (χ0v) is 15.5. The number of carbonyl (C=O) groups is 1. The summed E-state index contributed by atoms with van der Waals surface area (Å²) in [6.45, 7) is 4.74. The number of anilines is 1. The Morgan fingerprint density at radius 1 is 1.36 bits per heavy atom. The molecule has 1 aliphatic heterocycles. The molecular weight excluding hydrogens is 352 g/mol. The molecule has 1 saturated heterocycles. The van der Waals surface area contributed by atoms with Crippen LogP contribution in [-0.2, 0) is 4.79 Å². The molecule has 0 aromatic heterocycles. The molecule has 0 bridgehead atoms. The quantitative estimate of drug-likeness (QED) is 0.827. The van der Waals surface area contributed by atoms with E-state index < -0.39 is 6.61 Å². The molecule has 142 valence electrons. The highest BCUT2D eigenvalue weighted by Gasteiger charge is 2.36. The van der Waals surface area contributed by atoms with E-state index in [1.54, 1.807) is 12.1 Å². The molecule has 2 unspecified atom stereocenters. The van der Waals surface area contributed by atoms with Gasteiger partial charge in [0, 0.05) is 24.8 Å². The summed E-state index contributed by atoms with van der Waals surface area (Å²) < 4.78 is 28.5. The Bertz CT molecular complexity index is 570. The number of amides is 1. The minimum absolute atomic E-state index is 0. The number of hydrogen-bond acceptors (Lipinski definition) is 4. The lowest BCUT2D eigenvalue weighted by atomic mass is 9.79. The maximum absolute atomic E-state index is 12.4. The van der Waals surface area contributed by atoms with Gasteiger partial charge in [0.15, 0.2) is 0 Å². The molecule has 0 saturated carbocycles. The molecule has 0 radical (unpaired) electrons. The number of piperidine rings is 1. The van der Waals surface area contributed by atoms with Crippen molar-refractivity contribution in [1.82, 2.24) is 4.90 Å². The molecule has 8 heteroatoms. The second-order valence-electron chi connectivity index (χ2n) is 6.92. The lowest BCUT2D eigenvalue weighted by Crippen LogP contribution is -2.56. The topological polar surface area (TPSA) is 67.6 Å². The fourth-order valence-electron chi connectivity index (χ4n) is 2.88. The lowest BCUT2D eigenvalue weighted by Gasteiger charge is -2.44. The highest BCUT2D eigenvalue weighted by atomic mass is 35.5. The fraction of sp³-hybridized carbons (Fsp3) is 0.588. The third-order valence-electron chi connectivity index (χ3n) is 4.62. The third-order valence-corrected chi connectivity index (χ3v) is 4.62. The van der Waals surface area contributed by atoms with Gasteiger partial charge in [0.05, 0.1) is 6.04 Å². The van der Waals surface area contributed by atoms with Crippen LogP contribution in [0, 0.1) is 5.41 Å². The summed E-state index contributed by atoms with van der Waals surface area (Å²) in [5.74, 6) is -0.0772. The molecule has 1 aliphatic rings. The normalized spacial score (nSPS) is 21.3. The SMILES string of the molecule is CC(C(=O)Nc1ccc(OC(F)F)cc1)N1CCC(N)C(C)(C)C1.Cl. The summed E-state index contributed by atoms with van der Waals surface area (Å²) in [5, 5.41) is 2.80. The summed E-state index contributed by atoms with van der Waals surface area (Å²) >= 11 is 0. The van der Waals surface area contributed by atoms with Gasteiger partial charge in [-0.2, -0.15) is 8.78 Å². The molecule has 25 heavy (non-hydrogen) atoms. The molecule has 0 spiro atoms. The first-order valence-electron chi connectivity index (χ1n) is 8.04. The van der Waals surface area contributed by atoms with Crippen LogP contribution in [0.4, 0.5) is 14.5 Å². The van der Waals surface area contributed by atoms with Crippen molar-refractivity contribution in [2.75, 3.05) is 18.4 Å². The van der Waals surface area contributed by atoms with Gasteiger partial charge in [0.2, 0.25) is 5.91 Å². The molecule has 1 aromatic rings. The van der Waals surface area contributed by atoms with Gasteiger partial charge in [0.25, 0.3) is 0 Å². The van der Waals surface area contributed by atoms with Crippen molar-refractivity contribution in [2.24, 2.45) is 11.1 Å². The number of rotatable bonds is 5. The number of nitrogens with one attached hydrogen (secondary N) is 1. The predicted octanol–water partition coefficient (Wildman–Crippen LogP) is 3.10. The van der Waals surface area contributed by atoms with E-state index in [0.29, 0.717) is 5.69 Å². The van der Waals surface area contributed by atoms with Gasteiger partial charge < -0.3 is 15.8 Å². The number of benzene rings is 1. The minimum Gasteiger partial charge on any atom is -0.435 e. The van der Waals surface area contributed by atoms with Gasteiger partial charge in [-0.25, -0.2) is 0 Å². The Balaban J connectivity index is 0.00000312. The number of hydrogen-bond donors (Lipinski definition) is 2. The maximum atomic E-state index is 12.4. The zero-order chi connectivity index (χ0) is 17.9. The van der Waals surface area contributed by atoms with E-state index in [4.69, 9.17) is 5.73 Å². The maximum Gasteiger partial charge on any atom is 0.387 e. The Hall–Kier alpha value is -1.44. The molecule has 5 nitrogen and oxygen atoms in total. The fourth-order valence-corrected chi connectivity index (χ4v) is 2.88. The second kappa shape index (κ2) is 8.78. The minimum atomic E-state index is -2.86. The van der Waals surface area contributed by atoms with Gasteiger partial charge in [-0.05, 0) is 43.0 Å². The number of carbonyl (C=O) groups excluding carboxylic acids is 1. The van der Waals surface area contributed by atoms with Gasteiger partial charge in [0.1, 0.15) is 5.75 Å². The largest absolute Gasteiger partial charge is 0.435 e. The van der Waals surface area contributed by atoms with E-state index in [1.807, 2.05) is 6.92 Å². The Labute approximate surface area is 153 Å². The molecule has 1 heterocycles. The molecular formula is C17H26ClF2N3O2. The van der Waals surface area contributed by atoms with Crippen molar-refractivity contribution < 1.29 is 18.3 Å². The molecule has 1 aromatic carbocycles. The molecule has 0 aliphatic carbocycles. The van der Waals surface area contributed by atoms with E-state index in [2.05, 4.69) is 28.8 Å². The van der Waals surface area contributed by atoms with Crippen LogP contribution in [-0.4, -0.2) is 42.6 Å². The van der Waals surface area contributed by atoms with E-state index in [1.165, 1.54) is 12.1 Å². The second-order valence-corrected chi connectivity index (χ2v) is 6.92. The van der Waals surface area contributed by atoms with Crippen LogP contribution in [0.3, 0.4) is 0 Å². The van der Waals surface area contributed by atoms with Crippen molar-refractivity contribution in [1.29, 1.82) is 0 Å². The number of nitrogens with two attached hydrogens (primary N) is 1. The Kier molecular flexibility index (Phi) is 7.59. The van der Waals surface area contributed by atoms with Gasteiger partial charge in [-0.1, -0.05) is 13.8 Å². The summed E-state index contributed by atoms with van der Waals surface area (Å²) in [5.41, 5.74) is 6.63. The van der Waals surface area contributed by atoms with Crippen molar-refractivity contribution in [3.05, 3.63) is 24.3 Å². The molecule has 1 fully saturated rings.